The second-order valence-electron chi connectivity index (χ2n) is 15.4. The molecule has 1 aromatic heterocycles. The summed E-state index contributed by atoms with van der Waals surface area (Å²) in [4.78, 5) is 16.6. The van der Waals surface area contributed by atoms with Gasteiger partial charge in [-0.25, -0.2) is 22.6 Å². The van der Waals surface area contributed by atoms with E-state index in [-0.39, 0.29) is 43.5 Å². The minimum absolute atomic E-state index is 0.0154. The zero-order valence-corrected chi connectivity index (χ0v) is 29.4. The van der Waals surface area contributed by atoms with Crippen LogP contribution < -0.4 is 4.74 Å². The van der Waals surface area contributed by atoms with E-state index in [0.717, 1.165) is 12.1 Å². The van der Waals surface area contributed by atoms with Crippen molar-refractivity contribution in [1.82, 2.24) is 24.8 Å². The number of aromatic nitrogens is 3. The van der Waals surface area contributed by atoms with Gasteiger partial charge < -0.3 is 19.5 Å². The molecule has 48 heavy (non-hydrogen) atoms. The monoisotopic (exact) mass is 679 g/mol. The molecule has 2 aromatic carbocycles. The van der Waals surface area contributed by atoms with Crippen molar-refractivity contribution < 1.29 is 36.9 Å². The van der Waals surface area contributed by atoms with Gasteiger partial charge in [0.1, 0.15) is 46.9 Å². The first-order chi connectivity index (χ1) is 22.2. The van der Waals surface area contributed by atoms with Crippen LogP contribution in [-0.4, -0.2) is 92.8 Å². The van der Waals surface area contributed by atoms with E-state index in [2.05, 4.69) is 10.3 Å². The first-order valence-corrected chi connectivity index (χ1v) is 16.3. The Labute approximate surface area is 280 Å². The number of aliphatic hydroxyl groups excluding tert-OH is 1. The van der Waals surface area contributed by atoms with Crippen LogP contribution in [0.5, 0.6) is 5.75 Å². The Morgan fingerprint density at radius 3 is 2.25 bits per heavy atom. The Morgan fingerprint density at radius 1 is 1.08 bits per heavy atom. The second kappa shape index (κ2) is 14.2. The highest BCUT2D eigenvalue weighted by molar-refractivity contribution is 5.80. The molecule has 0 aliphatic carbocycles. The lowest BCUT2D eigenvalue weighted by atomic mass is 9.91. The van der Waals surface area contributed by atoms with Gasteiger partial charge in [0.2, 0.25) is 0 Å². The number of carbonyl (C=O) groups is 1. The van der Waals surface area contributed by atoms with Gasteiger partial charge in [-0.15, -0.1) is 5.10 Å². The van der Waals surface area contributed by atoms with E-state index in [9.17, 15) is 14.3 Å². The molecule has 2 unspecified atom stereocenters. The molecule has 1 amide bonds. The molecule has 3 aromatic rings. The van der Waals surface area contributed by atoms with Crippen molar-refractivity contribution in [2.24, 2.45) is 5.92 Å². The number of halogens is 4. The minimum Gasteiger partial charge on any atom is -0.492 e. The summed E-state index contributed by atoms with van der Waals surface area (Å²) in [5, 5.41) is 20.3. The second-order valence-corrected chi connectivity index (χ2v) is 15.4. The van der Waals surface area contributed by atoms with E-state index in [1.165, 1.54) is 18.7 Å². The smallest absolute Gasteiger partial charge is 0.410 e. The molecule has 0 spiro atoms. The van der Waals surface area contributed by atoms with Gasteiger partial charge in [0.05, 0.1) is 29.8 Å². The molecule has 0 radical (unpaired) electrons. The molecule has 2 heterocycles. The topological polar surface area (TPSA) is 93.0 Å². The van der Waals surface area contributed by atoms with Crippen LogP contribution in [0.4, 0.5) is 22.4 Å². The molecule has 9 nitrogen and oxygen atoms in total. The van der Waals surface area contributed by atoms with Crippen molar-refractivity contribution in [3.8, 4) is 5.75 Å². The van der Waals surface area contributed by atoms with Crippen LogP contribution in [0.15, 0.2) is 24.3 Å². The minimum atomic E-state index is -1.77. The van der Waals surface area contributed by atoms with Crippen LogP contribution in [-0.2, 0) is 16.7 Å². The van der Waals surface area contributed by atoms with Crippen molar-refractivity contribution in [2.45, 2.75) is 97.7 Å². The molecule has 13 heteroatoms. The molecule has 4 rings (SSSR count). The van der Waals surface area contributed by atoms with Gasteiger partial charge in [0.25, 0.3) is 0 Å². The van der Waals surface area contributed by atoms with Gasteiger partial charge in [-0.3, -0.25) is 9.29 Å². The highest BCUT2D eigenvalue weighted by atomic mass is 19.1. The quantitative estimate of drug-likeness (QED) is 0.212. The average molecular weight is 680 g/mol. The summed E-state index contributed by atoms with van der Waals surface area (Å²) in [6.07, 6.45) is -2.46. The molecule has 0 saturated carbocycles. The van der Waals surface area contributed by atoms with E-state index < -0.39 is 52.2 Å². The zero-order chi connectivity index (χ0) is 35.8. The molecule has 1 aliphatic heterocycles. The summed E-state index contributed by atoms with van der Waals surface area (Å²) in [7, 11) is 0. The van der Waals surface area contributed by atoms with E-state index in [1.54, 1.807) is 44.5 Å². The number of aliphatic hydroxyl groups is 1. The van der Waals surface area contributed by atoms with Crippen molar-refractivity contribution >= 4 is 17.1 Å². The molecule has 1 aliphatic rings. The molecular formula is C35H49F4N5O4. The fraction of sp³-hybridized carbons (Fsp3) is 0.629. The summed E-state index contributed by atoms with van der Waals surface area (Å²) >= 11 is 0. The summed E-state index contributed by atoms with van der Waals surface area (Å²) in [5.74, 6) is -2.04. The Bertz CT molecular complexity index is 1570. The summed E-state index contributed by atoms with van der Waals surface area (Å²) in [6.45, 7) is 16.6. The van der Waals surface area contributed by atoms with Crippen LogP contribution in [0.3, 0.4) is 0 Å². The van der Waals surface area contributed by atoms with Crippen LogP contribution in [0.2, 0.25) is 0 Å². The lowest BCUT2D eigenvalue weighted by molar-refractivity contribution is 0.00501. The molecule has 1 N–H and O–H groups in total. The van der Waals surface area contributed by atoms with Gasteiger partial charge in [0, 0.05) is 43.7 Å². The highest BCUT2D eigenvalue weighted by Crippen LogP contribution is 2.36. The van der Waals surface area contributed by atoms with E-state index in [0.29, 0.717) is 36.2 Å². The molecule has 1 saturated heterocycles. The van der Waals surface area contributed by atoms with Crippen LogP contribution in [0.1, 0.15) is 85.1 Å². The van der Waals surface area contributed by atoms with Crippen LogP contribution >= 0.6 is 0 Å². The maximum atomic E-state index is 15.6. The number of hydrogen-bond donors (Lipinski definition) is 1. The molecule has 266 valence electrons. The SMILES string of the molecule is CC(Cc1c(C(O)c2c(F)cc(OCCN3CC(CF)C3)cc2F)ccc2c1nnn2C(C)(C)C)N(CC(C)(C)F)C(=O)OC(C)(C)C. The Balaban J connectivity index is 1.70. The van der Waals surface area contributed by atoms with E-state index >= 15 is 13.2 Å². The third kappa shape index (κ3) is 8.96. The average Bonchev–Trinajstić information content (AvgIpc) is 3.36. The fourth-order valence-corrected chi connectivity index (χ4v) is 5.87. The van der Waals surface area contributed by atoms with Gasteiger partial charge in [-0.05, 0) is 85.9 Å². The van der Waals surface area contributed by atoms with Crippen molar-refractivity contribution in [3.05, 3.63) is 52.6 Å². The summed E-state index contributed by atoms with van der Waals surface area (Å²) in [5.41, 5.74) is -2.13. The molecule has 2 atom stereocenters. The van der Waals surface area contributed by atoms with Crippen LogP contribution in [0, 0.1) is 17.6 Å². The largest absolute Gasteiger partial charge is 0.492 e. The Hall–Kier alpha value is -3.45. The predicted molar refractivity (Wildman–Crippen MR) is 176 cm³/mol. The third-order valence-corrected chi connectivity index (χ3v) is 8.15. The number of likely N-dealkylation sites (tertiary alicyclic amines) is 1. The molecule has 0 bridgehead atoms. The number of fused-ring (bicyclic) bond motifs is 1. The number of rotatable bonds is 12. The molecule has 1 fully saturated rings. The standard InChI is InChI=1S/C35H49F4N5O4/c1-21(43(20-35(8,9)39)32(46)48-34(5,6)7)14-25-24(10-11-28-30(25)40-41-44(28)33(2,3)4)31(45)29-26(37)15-23(16-27(29)38)47-13-12-42-18-22(17-36)19-42/h10-11,15-16,21-22,31,45H,12-14,17-20H2,1-9H3. The van der Waals surface area contributed by atoms with Gasteiger partial charge in [-0.1, -0.05) is 11.3 Å². The van der Waals surface area contributed by atoms with Crippen molar-refractivity contribution in [1.29, 1.82) is 0 Å². The van der Waals surface area contributed by atoms with Gasteiger partial charge in [0.15, 0.2) is 0 Å². The van der Waals surface area contributed by atoms with Crippen molar-refractivity contribution in [2.75, 3.05) is 39.5 Å². The Kier molecular flexibility index (Phi) is 11.0. The maximum absolute atomic E-state index is 15.6. The molecular weight excluding hydrogens is 630 g/mol. The first-order valence-electron chi connectivity index (χ1n) is 16.3. The number of carbonyl (C=O) groups excluding carboxylic acids is 1. The number of hydrogen-bond acceptors (Lipinski definition) is 7. The third-order valence-electron chi connectivity index (χ3n) is 8.15. The number of alkyl halides is 2. The lowest BCUT2D eigenvalue weighted by Crippen LogP contribution is -2.49. The van der Waals surface area contributed by atoms with E-state index in [4.69, 9.17) is 9.47 Å². The normalized spacial score (nSPS) is 16.1. The van der Waals surface area contributed by atoms with Gasteiger partial charge >= 0.3 is 6.09 Å². The fourth-order valence-electron chi connectivity index (χ4n) is 5.87. The van der Waals surface area contributed by atoms with Gasteiger partial charge in [-0.2, -0.15) is 0 Å². The number of nitrogens with zero attached hydrogens (tertiary/aromatic N) is 5. The van der Waals surface area contributed by atoms with Crippen molar-refractivity contribution in [3.63, 3.8) is 0 Å². The first kappa shape index (κ1) is 37.4. The predicted octanol–water partition coefficient (Wildman–Crippen LogP) is 6.74. The van der Waals surface area contributed by atoms with E-state index in [1.807, 2.05) is 25.7 Å². The number of benzene rings is 2. The highest BCUT2D eigenvalue weighted by Gasteiger charge is 2.34. The summed E-state index contributed by atoms with van der Waals surface area (Å²) in [6, 6.07) is 4.60. The van der Waals surface area contributed by atoms with Crippen LogP contribution in [0.25, 0.3) is 11.0 Å². The maximum Gasteiger partial charge on any atom is 0.410 e. The number of amides is 1. The zero-order valence-electron chi connectivity index (χ0n) is 29.4. The Morgan fingerprint density at radius 2 is 1.71 bits per heavy atom. The summed E-state index contributed by atoms with van der Waals surface area (Å²) < 4.78 is 71.8. The lowest BCUT2D eigenvalue weighted by Gasteiger charge is -2.37. The number of ether oxygens (including phenoxy) is 2.